The molecule has 0 saturated heterocycles. The Bertz CT molecular complexity index is 1170. The van der Waals surface area contributed by atoms with Crippen molar-refractivity contribution in [1.82, 2.24) is 10.6 Å². The lowest BCUT2D eigenvalue weighted by Crippen LogP contribution is -2.43. The fourth-order valence-electron chi connectivity index (χ4n) is 2.92. The van der Waals surface area contributed by atoms with Crippen molar-refractivity contribution in [2.75, 3.05) is 11.5 Å². The molecular formula is C22H22N4O12S2. The highest BCUT2D eigenvalue weighted by molar-refractivity contribution is 8.76. The molecule has 4 N–H and O–H groups in total. The molecule has 2 unspecified atom stereocenters. The van der Waals surface area contributed by atoms with Crippen LogP contribution in [-0.2, 0) is 32.5 Å². The van der Waals surface area contributed by atoms with Gasteiger partial charge in [0.2, 0.25) is 0 Å². The van der Waals surface area contributed by atoms with E-state index in [4.69, 9.17) is 0 Å². The number of aliphatic carboxylic acids is 2. The molecule has 0 aromatic heterocycles. The van der Waals surface area contributed by atoms with E-state index in [-0.39, 0.29) is 22.6 Å². The Morgan fingerprint density at radius 2 is 1.12 bits per heavy atom. The first-order chi connectivity index (χ1) is 19.0. The van der Waals surface area contributed by atoms with E-state index < -0.39 is 59.2 Å². The molecule has 40 heavy (non-hydrogen) atoms. The minimum Gasteiger partial charge on any atom is -0.480 e. The van der Waals surface area contributed by atoms with Crippen molar-refractivity contribution in [2.45, 2.75) is 25.3 Å². The third-order valence-corrected chi connectivity index (χ3v) is 7.23. The van der Waals surface area contributed by atoms with Gasteiger partial charge in [0.05, 0.1) is 0 Å². The highest BCUT2D eigenvalue weighted by Crippen LogP contribution is 2.23. The lowest BCUT2D eigenvalue weighted by molar-refractivity contribution is -0.763. The number of hydrogen-bond donors (Lipinski definition) is 4. The number of rotatable bonds is 17. The van der Waals surface area contributed by atoms with Crippen LogP contribution in [0, 0.1) is 20.2 Å². The van der Waals surface area contributed by atoms with Gasteiger partial charge in [-0.2, -0.15) is 0 Å². The van der Waals surface area contributed by atoms with Crippen LogP contribution in [0.3, 0.4) is 0 Å². The van der Waals surface area contributed by atoms with Crippen molar-refractivity contribution in [2.24, 2.45) is 0 Å². The number of carbonyl (C=O) groups is 4. The molecule has 0 heterocycles. The lowest BCUT2D eigenvalue weighted by atomic mass is 10.1. The summed E-state index contributed by atoms with van der Waals surface area (Å²) in [7, 11) is 1.91. The van der Waals surface area contributed by atoms with E-state index in [1.807, 2.05) is 0 Å². The number of carboxylic acids is 2. The molecule has 2 atom stereocenters. The summed E-state index contributed by atoms with van der Waals surface area (Å²) < 4.78 is 0. The van der Waals surface area contributed by atoms with Crippen LogP contribution >= 0.6 is 21.6 Å². The fourth-order valence-corrected chi connectivity index (χ4v) is 5.23. The molecule has 0 aliphatic carbocycles. The molecule has 16 nitrogen and oxygen atoms in total. The summed E-state index contributed by atoms with van der Waals surface area (Å²) in [4.78, 5) is 77.5. The molecule has 0 bridgehead atoms. The van der Waals surface area contributed by atoms with E-state index in [1.54, 1.807) is 0 Å². The van der Waals surface area contributed by atoms with Crippen LogP contribution in [-0.4, -0.2) is 67.7 Å². The number of carbonyl (C=O) groups excluding carboxylic acids is 2. The first-order valence-corrected chi connectivity index (χ1v) is 13.5. The van der Waals surface area contributed by atoms with Gasteiger partial charge in [0, 0.05) is 22.6 Å². The van der Waals surface area contributed by atoms with Crippen molar-refractivity contribution >= 4 is 45.3 Å². The van der Waals surface area contributed by atoms with Gasteiger partial charge in [0.25, 0.3) is 22.0 Å². The molecule has 0 fully saturated rings. The molecule has 0 saturated carbocycles. The third-order valence-electron chi connectivity index (χ3n) is 4.81. The van der Waals surface area contributed by atoms with E-state index in [1.165, 1.54) is 48.5 Å². The van der Waals surface area contributed by atoms with Crippen LogP contribution in [0.4, 0.5) is 0 Å². The van der Waals surface area contributed by atoms with Crippen LogP contribution in [0.2, 0.25) is 0 Å². The van der Waals surface area contributed by atoms with Crippen molar-refractivity contribution in [3.8, 4) is 0 Å². The quantitative estimate of drug-likeness (QED) is 0.0875. The lowest BCUT2D eigenvalue weighted by Gasteiger charge is -2.16. The second kappa shape index (κ2) is 15.7. The molecule has 214 valence electrons. The van der Waals surface area contributed by atoms with Crippen molar-refractivity contribution in [1.29, 1.82) is 0 Å². The zero-order chi connectivity index (χ0) is 29.7. The summed E-state index contributed by atoms with van der Waals surface area (Å²) in [6, 6.07) is 8.55. The molecule has 2 aromatic rings. The second-order valence-corrected chi connectivity index (χ2v) is 10.2. The Morgan fingerprint density at radius 1 is 0.750 bits per heavy atom. The fraction of sp³-hybridized carbons (Fsp3) is 0.273. The first-order valence-electron chi connectivity index (χ1n) is 11.0. The van der Waals surface area contributed by atoms with Gasteiger partial charge in [-0.05, 0) is 35.4 Å². The minimum absolute atomic E-state index is 0.0519. The van der Waals surface area contributed by atoms with Gasteiger partial charge in [-0.3, -0.25) is 9.59 Å². The van der Waals surface area contributed by atoms with Gasteiger partial charge in [-0.25, -0.2) is 9.59 Å². The van der Waals surface area contributed by atoms with E-state index in [9.17, 15) is 49.6 Å². The van der Waals surface area contributed by atoms with E-state index in [0.29, 0.717) is 11.1 Å². The number of carboxylic acid groups (broad SMARTS) is 2. The van der Waals surface area contributed by atoms with Gasteiger partial charge in [-0.1, -0.05) is 45.9 Å². The van der Waals surface area contributed by atoms with Crippen LogP contribution < -0.4 is 10.6 Å². The molecule has 0 aliphatic heterocycles. The van der Waals surface area contributed by atoms with Crippen LogP contribution in [0.1, 0.15) is 31.8 Å². The largest absolute Gasteiger partial charge is 0.480 e. The molecule has 0 aliphatic rings. The molecular weight excluding hydrogens is 576 g/mol. The molecule has 0 spiro atoms. The molecule has 18 heteroatoms. The van der Waals surface area contributed by atoms with E-state index >= 15 is 0 Å². The summed E-state index contributed by atoms with van der Waals surface area (Å²) in [6.45, 7) is -0.794. The summed E-state index contributed by atoms with van der Waals surface area (Å²) in [6.07, 6.45) is 0. The summed E-state index contributed by atoms with van der Waals surface area (Å²) >= 11 is 0. The van der Waals surface area contributed by atoms with Crippen LogP contribution in [0.15, 0.2) is 48.5 Å². The maximum absolute atomic E-state index is 12.5. The Labute approximate surface area is 233 Å². The predicted octanol–water partition coefficient (Wildman–Crippen LogP) is 1.55. The van der Waals surface area contributed by atoms with Gasteiger partial charge in [0.15, 0.2) is 0 Å². The Hall–Kier alpha value is -4.58. The van der Waals surface area contributed by atoms with Crippen LogP contribution in [0.25, 0.3) is 0 Å². The van der Waals surface area contributed by atoms with Crippen molar-refractivity contribution < 1.29 is 49.2 Å². The molecule has 0 radical (unpaired) electrons. The topological polar surface area (TPSA) is 238 Å². The zero-order valence-corrected chi connectivity index (χ0v) is 21.9. The number of nitrogens with one attached hydrogen (secondary N) is 2. The summed E-state index contributed by atoms with van der Waals surface area (Å²) in [5.74, 6) is -4.51. The highest BCUT2D eigenvalue weighted by Gasteiger charge is 2.24. The third kappa shape index (κ3) is 11.0. The first kappa shape index (κ1) is 31.6. The Kier molecular flexibility index (Phi) is 12.4. The van der Waals surface area contributed by atoms with Gasteiger partial charge >= 0.3 is 11.9 Å². The molecule has 2 amide bonds. The number of hydrogen-bond acceptors (Lipinski definition) is 12. The van der Waals surface area contributed by atoms with Crippen LogP contribution in [0.5, 0.6) is 0 Å². The maximum Gasteiger partial charge on any atom is 0.327 e. The SMILES string of the molecule is O=C(NC(CSSCC(NC(=O)c1cccc(CO[N+](=O)[O-])c1)C(=O)O)C(=O)O)c1cccc(CO[N+](=O)[O-])c1. The van der Waals surface area contributed by atoms with Gasteiger partial charge in [0.1, 0.15) is 25.3 Å². The van der Waals surface area contributed by atoms with Gasteiger partial charge in [-0.15, -0.1) is 20.2 Å². The highest BCUT2D eigenvalue weighted by atomic mass is 33.1. The summed E-state index contributed by atoms with van der Waals surface area (Å²) in [5.41, 5.74) is 0.742. The van der Waals surface area contributed by atoms with Crippen molar-refractivity contribution in [3.63, 3.8) is 0 Å². The Morgan fingerprint density at radius 3 is 1.45 bits per heavy atom. The average molecular weight is 599 g/mol. The number of amides is 2. The van der Waals surface area contributed by atoms with E-state index in [2.05, 4.69) is 20.3 Å². The average Bonchev–Trinajstić information content (AvgIpc) is 2.91. The standard InChI is InChI=1S/C22H22N4O12S2/c27-19(15-5-1-3-13(7-15)9-37-25(33)34)23-17(21(29)30)11-39-40-12-18(22(31)32)24-20(28)16-6-2-4-14(8-16)10-38-26(35)36/h1-8,17-18H,9-12H2,(H,23,27)(H,24,28)(H,29,30)(H,31,32). The normalized spacial score (nSPS) is 11.9. The Balaban J connectivity index is 1.90. The zero-order valence-electron chi connectivity index (χ0n) is 20.3. The van der Waals surface area contributed by atoms with Gasteiger partial charge < -0.3 is 30.5 Å². The number of benzene rings is 2. The second-order valence-electron chi connectivity index (χ2n) is 7.69. The van der Waals surface area contributed by atoms with E-state index in [0.717, 1.165) is 21.6 Å². The maximum atomic E-state index is 12.5. The molecule has 2 rings (SSSR count). The summed E-state index contributed by atoms with van der Waals surface area (Å²) in [5, 5.41) is 42.3. The molecule has 2 aromatic carbocycles. The smallest absolute Gasteiger partial charge is 0.327 e. The minimum atomic E-state index is -1.36. The predicted molar refractivity (Wildman–Crippen MR) is 139 cm³/mol. The monoisotopic (exact) mass is 598 g/mol. The number of nitrogens with zero attached hydrogens (tertiary/aromatic N) is 2. The van der Waals surface area contributed by atoms with Crippen molar-refractivity contribution in [3.05, 3.63) is 91.0 Å².